The molecule has 0 radical (unpaired) electrons. The number of aromatic nitrogens is 4. The van der Waals surface area contributed by atoms with E-state index in [2.05, 4.69) is 88.0 Å². The zero-order valence-electron chi connectivity index (χ0n) is 35.7. The molecule has 3 rings (SSSR count). The second-order valence-electron chi connectivity index (χ2n) is 19.4. The van der Waals surface area contributed by atoms with Gasteiger partial charge in [-0.2, -0.15) is 0 Å². The normalized spacial score (nSPS) is 21.1. The molecule has 1 fully saturated rings. The van der Waals surface area contributed by atoms with Crippen LogP contribution in [0, 0.1) is 0 Å². The molecule has 1 amide bonds. The van der Waals surface area contributed by atoms with E-state index in [1.807, 2.05) is 9.47 Å². The van der Waals surface area contributed by atoms with Crippen molar-refractivity contribution in [3.8, 4) is 0 Å². The standard InChI is InChI=1S/C37H69N7O8Si2/c1-34(2,3)49-32(46)24(42-33(47)50-35(4,5)6)17-18-43(19-20-45)21-25-27(51-53(13,14)36(7,8)9)28(52-54(15,16)37(10,11)12)31(48-25)44-23-41-26-29(38)39-22-40-30(26)44/h22-25,27-28,31,45H,17-21H2,1-16H3,(H,42,47)(H2,38,39,40)/t24-,25-,27?,28+,31-/m1/s1. The number of ether oxygens (including phenoxy) is 3. The predicted molar refractivity (Wildman–Crippen MR) is 215 cm³/mol. The number of alkyl carbamates (subject to hydrolysis) is 1. The highest BCUT2D eigenvalue weighted by molar-refractivity contribution is 6.74. The summed E-state index contributed by atoms with van der Waals surface area (Å²) in [5.41, 5.74) is 5.65. The molecule has 17 heteroatoms. The quantitative estimate of drug-likeness (QED) is 0.149. The molecule has 0 spiro atoms. The van der Waals surface area contributed by atoms with E-state index >= 15 is 0 Å². The van der Waals surface area contributed by atoms with Gasteiger partial charge in [0, 0.05) is 19.6 Å². The van der Waals surface area contributed by atoms with Crippen LogP contribution >= 0.6 is 0 Å². The van der Waals surface area contributed by atoms with Crippen LogP contribution in [0.5, 0.6) is 0 Å². The van der Waals surface area contributed by atoms with Crippen LogP contribution in [0.25, 0.3) is 11.2 Å². The summed E-state index contributed by atoms with van der Waals surface area (Å²) in [6, 6.07) is -1.01. The molecule has 1 unspecified atom stereocenters. The number of aliphatic hydroxyl groups is 1. The fourth-order valence-electron chi connectivity index (χ4n) is 5.51. The van der Waals surface area contributed by atoms with E-state index in [0.717, 1.165) is 0 Å². The molecular weight excluding hydrogens is 727 g/mol. The second-order valence-corrected chi connectivity index (χ2v) is 28.9. The minimum atomic E-state index is -2.44. The number of esters is 1. The molecule has 3 heterocycles. The minimum Gasteiger partial charge on any atom is -0.458 e. The third kappa shape index (κ3) is 11.9. The highest BCUT2D eigenvalue weighted by atomic mass is 28.4. The summed E-state index contributed by atoms with van der Waals surface area (Å²) in [5.74, 6) is -0.317. The van der Waals surface area contributed by atoms with Crippen molar-refractivity contribution < 1.29 is 37.8 Å². The molecule has 5 atom stereocenters. The molecule has 2 aromatic heterocycles. The van der Waals surface area contributed by atoms with E-state index in [-0.39, 0.29) is 35.5 Å². The first-order valence-electron chi connectivity index (χ1n) is 19.0. The van der Waals surface area contributed by atoms with Crippen LogP contribution < -0.4 is 11.1 Å². The molecule has 2 aromatic rings. The Bertz CT molecular complexity index is 1580. The summed E-state index contributed by atoms with van der Waals surface area (Å²) >= 11 is 0. The number of carbonyl (C=O) groups excluding carboxylic acids is 2. The Morgan fingerprint density at radius 3 is 1.96 bits per heavy atom. The maximum absolute atomic E-state index is 13.4. The lowest BCUT2D eigenvalue weighted by Crippen LogP contribution is -2.55. The SMILES string of the molecule is CC(C)(C)OC(=O)N[C@H](CCN(CCO)C[C@H]1O[C@@H](n2cnc3c(N)ncnc32)[C@@H](O[Si](C)(C)C(C)(C)C)C1O[Si](C)(C)C(C)(C)C)C(=O)OC(C)(C)C. The van der Waals surface area contributed by atoms with E-state index in [9.17, 15) is 14.7 Å². The molecule has 0 bridgehead atoms. The Kier molecular flexibility index (Phi) is 14.2. The van der Waals surface area contributed by atoms with Gasteiger partial charge in [-0.15, -0.1) is 0 Å². The van der Waals surface area contributed by atoms with Crippen molar-refractivity contribution in [2.24, 2.45) is 0 Å². The molecule has 308 valence electrons. The summed E-state index contributed by atoms with van der Waals surface area (Å²) in [5, 5.41) is 12.7. The maximum atomic E-state index is 13.4. The van der Waals surface area contributed by atoms with E-state index in [1.165, 1.54) is 6.33 Å². The Morgan fingerprint density at radius 1 is 0.889 bits per heavy atom. The molecule has 1 aliphatic rings. The average molecular weight is 796 g/mol. The Hall–Kier alpha value is -2.68. The van der Waals surface area contributed by atoms with Crippen LogP contribution in [0.1, 0.15) is 95.7 Å². The van der Waals surface area contributed by atoms with Crippen LogP contribution in [0.2, 0.25) is 36.3 Å². The van der Waals surface area contributed by atoms with Gasteiger partial charge < -0.3 is 39.2 Å². The number of nitrogens with two attached hydrogens (primary N) is 1. The molecule has 15 nitrogen and oxygen atoms in total. The van der Waals surface area contributed by atoms with Crippen molar-refractivity contribution in [2.75, 3.05) is 32.0 Å². The third-order valence-electron chi connectivity index (χ3n) is 10.4. The van der Waals surface area contributed by atoms with Crippen molar-refractivity contribution in [3.63, 3.8) is 0 Å². The van der Waals surface area contributed by atoms with Gasteiger partial charge in [0.05, 0.1) is 12.9 Å². The minimum absolute atomic E-state index is 0.124. The predicted octanol–water partition coefficient (Wildman–Crippen LogP) is 6.01. The van der Waals surface area contributed by atoms with Gasteiger partial charge >= 0.3 is 12.1 Å². The molecule has 1 aliphatic heterocycles. The summed E-state index contributed by atoms with van der Waals surface area (Å²) in [4.78, 5) is 41.5. The number of anilines is 1. The Balaban J connectivity index is 2.08. The first kappa shape index (κ1) is 45.7. The molecule has 0 saturated carbocycles. The summed E-state index contributed by atoms with van der Waals surface area (Å²) in [6.07, 6.45) is 0.225. The van der Waals surface area contributed by atoms with Crippen molar-refractivity contribution in [3.05, 3.63) is 12.7 Å². The zero-order valence-corrected chi connectivity index (χ0v) is 37.7. The second kappa shape index (κ2) is 16.8. The first-order chi connectivity index (χ1) is 24.5. The fraction of sp³-hybridized carbons (Fsp3) is 0.811. The molecule has 1 saturated heterocycles. The smallest absolute Gasteiger partial charge is 0.408 e. The number of fused-ring (bicyclic) bond motifs is 1. The number of nitrogens with one attached hydrogen (secondary N) is 1. The highest BCUT2D eigenvalue weighted by Crippen LogP contribution is 2.46. The number of nitrogens with zero attached hydrogens (tertiary/aromatic N) is 5. The van der Waals surface area contributed by atoms with E-state index < -0.39 is 70.5 Å². The number of rotatable bonds is 14. The Morgan fingerprint density at radius 2 is 1.44 bits per heavy atom. The number of hydrogen-bond acceptors (Lipinski definition) is 13. The lowest BCUT2D eigenvalue weighted by atomic mass is 10.1. The van der Waals surface area contributed by atoms with Crippen LogP contribution in [-0.2, 0) is 27.9 Å². The number of carbonyl (C=O) groups is 2. The highest BCUT2D eigenvalue weighted by Gasteiger charge is 2.55. The zero-order chi connectivity index (χ0) is 41.2. The van der Waals surface area contributed by atoms with Gasteiger partial charge in [0.2, 0.25) is 0 Å². The fourth-order valence-corrected chi connectivity index (χ4v) is 8.12. The maximum Gasteiger partial charge on any atom is 0.408 e. The van der Waals surface area contributed by atoms with Crippen LogP contribution in [0.15, 0.2) is 12.7 Å². The molecule has 4 N–H and O–H groups in total. The molecule has 0 aliphatic carbocycles. The number of amides is 1. The van der Waals surface area contributed by atoms with Crippen molar-refractivity contribution in [1.82, 2.24) is 29.7 Å². The van der Waals surface area contributed by atoms with Gasteiger partial charge in [0.15, 0.2) is 34.3 Å². The number of hydrogen-bond donors (Lipinski definition) is 3. The number of nitrogen functional groups attached to an aromatic ring is 1. The van der Waals surface area contributed by atoms with Crippen molar-refractivity contribution >= 4 is 45.7 Å². The first-order valence-corrected chi connectivity index (χ1v) is 24.8. The lowest BCUT2D eigenvalue weighted by Gasteiger charge is -2.44. The average Bonchev–Trinajstić information content (AvgIpc) is 3.54. The van der Waals surface area contributed by atoms with Crippen molar-refractivity contribution in [1.29, 1.82) is 0 Å². The summed E-state index contributed by atoms with van der Waals surface area (Å²) in [6.45, 7) is 33.4. The van der Waals surface area contributed by atoms with E-state index in [0.29, 0.717) is 24.3 Å². The molecular formula is C37H69N7O8Si2. The molecule has 54 heavy (non-hydrogen) atoms. The van der Waals surface area contributed by atoms with E-state index in [4.69, 9.17) is 28.8 Å². The lowest BCUT2D eigenvalue weighted by molar-refractivity contribution is -0.157. The monoisotopic (exact) mass is 795 g/mol. The largest absolute Gasteiger partial charge is 0.458 e. The summed E-state index contributed by atoms with van der Waals surface area (Å²) in [7, 11) is -4.88. The van der Waals surface area contributed by atoms with Crippen LogP contribution in [0.3, 0.4) is 0 Å². The third-order valence-corrected chi connectivity index (χ3v) is 19.3. The van der Waals surface area contributed by atoms with Gasteiger partial charge in [0.25, 0.3) is 0 Å². The van der Waals surface area contributed by atoms with Gasteiger partial charge in [-0.1, -0.05) is 41.5 Å². The summed E-state index contributed by atoms with van der Waals surface area (Å²) < 4.78 is 34.6. The molecule has 0 aromatic carbocycles. The van der Waals surface area contributed by atoms with Crippen molar-refractivity contribution in [2.45, 2.75) is 168 Å². The van der Waals surface area contributed by atoms with Crippen LogP contribution in [-0.4, -0.2) is 120 Å². The van der Waals surface area contributed by atoms with Gasteiger partial charge in [-0.05, 0) is 84.2 Å². The topological polar surface area (TPSA) is 185 Å². The Labute approximate surface area is 324 Å². The number of aliphatic hydroxyl groups excluding tert-OH is 1. The van der Waals surface area contributed by atoms with Crippen LogP contribution in [0.4, 0.5) is 10.6 Å². The number of imidazole rings is 1. The van der Waals surface area contributed by atoms with Gasteiger partial charge in [-0.3, -0.25) is 9.47 Å². The van der Waals surface area contributed by atoms with Gasteiger partial charge in [0.1, 0.15) is 47.4 Å². The van der Waals surface area contributed by atoms with E-state index in [1.54, 1.807) is 47.9 Å². The van der Waals surface area contributed by atoms with Gasteiger partial charge in [-0.25, -0.2) is 24.5 Å².